The second-order valence-corrected chi connectivity index (χ2v) is 6.91. The fourth-order valence-electron chi connectivity index (χ4n) is 3.61. The van der Waals surface area contributed by atoms with Gasteiger partial charge in [0.15, 0.2) is 0 Å². The molecule has 1 aliphatic rings. The lowest BCUT2D eigenvalue weighted by Crippen LogP contribution is -2.31. The number of nitrogens with zero attached hydrogens (tertiary/aromatic N) is 1. The predicted molar refractivity (Wildman–Crippen MR) is 112 cm³/mol. The minimum Gasteiger partial charge on any atom is -0.383 e. The van der Waals surface area contributed by atoms with E-state index in [1.54, 1.807) is 7.11 Å². The van der Waals surface area contributed by atoms with E-state index in [4.69, 9.17) is 9.72 Å². The lowest BCUT2D eigenvalue weighted by atomic mass is 10.1. The number of ether oxygens (including phenoxy) is 1. The van der Waals surface area contributed by atoms with Crippen LogP contribution in [0.4, 0.5) is 16.3 Å². The van der Waals surface area contributed by atoms with E-state index in [0.717, 1.165) is 35.2 Å². The van der Waals surface area contributed by atoms with E-state index in [0.29, 0.717) is 19.2 Å². The van der Waals surface area contributed by atoms with Crippen molar-refractivity contribution in [1.29, 1.82) is 0 Å². The maximum absolute atomic E-state index is 11.9. The minimum absolute atomic E-state index is 0.248. The first kappa shape index (κ1) is 18.3. The summed E-state index contributed by atoms with van der Waals surface area (Å²) in [5.41, 5.74) is 4.40. The molecule has 6 nitrogen and oxygen atoms in total. The van der Waals surface area contributed by atoms with Gasteiger partial charge in [0.05, 0.1) is 18.2 Å². The van der Waals surface area contributed by atoms with E-state index in [9.17, 15) is 4.79 Å². The molecule has 0 saturated heterocycles. The first-order valence-electron chi connectivity index (χ1n) is 9.52. The topological polar surface area (TPSA) is 75.3 Å². The van der Waals surface area contributed by atoms with E-state index >= 15 is 0 Å². The number of urea groups is 1. The van der Waals surface area contributed by atoms with Crippen LogP contribution in [0.25, 0.3) is 10.9 Å². The van der Waals surface area contributed by atoms with E-state index in [1.807, 2.05) is 30.3 Å². The number of aryl methyl sites for hydroxylation is 1. The van der Waals surface area contributed by atoms with E-state index in [2.05, 4.69) is 40.2 Å². The second-order valence-electron chi connectivity index (χ2n) is 6.91. The smallest absolute Gasteiger partial charge is 0.319 e. The summed E-state index contributed by atoms with van der Waals surface area (Å²) in [6.07, 6.45) is 2.18. The van der Waals surface area contributed by atoms with Crippen LogP contribution in [0.3, 0.4) is 0 Å². The van der Waals surface area contributed by atoms with Crippen LogP contribution < -0.4 is 16.0 Å². The van der Waals surface area contributed by atoms with Crippen LogP contribution in [-0.4, -0.2) is 31.3 Å². The average Bonchev–Trinajstić information content (AvgIpc) is 3.11. The highest BCUT2D eigenvalue weighted by Gasteiger charge is 2.21. The SMILES string of the molecule is COCCNC(=O)Nc1ccc2nc(NC3CCc4ccccc43)ccc2c1. The number of aromatic nitrogens is 1. The predicted octanol–water partition coefficient (Wildman–Crippen LogP) is 4.10. The average molecular weight is 376 g/mol. The van der Waals surface area contributed by atoms with Crippen molar-refractivity contribution in [2.24, 2.45) is 0 Å². The fourth-order valence-corrected chi connectivity index (χ4v) is 3.61. The maximum atomic E-state index is 11.9. The lowest BCUT2D eigenvalue weighted by Gasteiger charge is -2.15. The number of carbonyl (C=O) groups excluding carboxylic acids is 1. The number of fused-ring (bicyclic) bond motifs is 2. The maximum Gasteiger partial charge on any atom is 0.319 e. The van der Waals surface area contributed by atoms with Gasteiger partial charge in [0.1, 0.15) is 5.82 Å². The Hall–Kier alpha value is -3.12. The van der Waals surface area contributed by atoms with Gasteiger partial charge in [-0.25, -0.2) is 9.78 Å². The minimum atomic E-state index is -0.248. The van der Waals surface area contributed by atoms with Gasteiger partial charge >= 0.3 is 6.03 Å². The Morgan fingerprint density at radius 3 is 2.96 bits per heavy atom. The van der Waals surface area contributed by atoms with Crippen LogP contribution in [-0.2, 0) is 11.2 Å². The van der Waals surface area contributed by atoms with Gasteiger partial charge in [-0.2, -0.15) is 0 Å². The first-order chi connectivity index (χ1) is 13.7. The van der Waals surface area contributed by atoms with Gasteiger partial charge in [-0.1, -0.05) is 24.3 Å². The highest BCUT2D eigenvalue weighted by Crippen LogP contribution is 2.33. The molecule has 0 spiro atoms. The van der Waals surface area contributed by atoms with Crippen molar-refractivity contribution < 1.29 is 9.53 Å². The van der Waals surface area contributed by atoms with Crippen LogP contribution in [0.2, 0.25) is 0 Å². The van der Waals surface area contributed by atoms with Crippen molar-refractivity contribution in [3.63, 3.8) is 0 Å². The Bertz CT molecular complexity index is 989. The van der Waals surface area contributed by atoms with Gasteiger partial charge in [-0.05, 0) is 54.3 Å². The van der Waals surface area contributed by atoms with Gasteiger partial charge in [0.25, 0.3) is 0 Å². The molecule has 0 saturated carbocycles. The zero-order valence-electron chi connectivity index (χ0n) is 15.9. The van der Waals surface area contributed by atoms with Gasteiger partial charge in [-0.3, -0.25) is 0 Å². The van der Waals surface area contributed by atoms with Crippen LogP contribution >= 0.6 is 0 Å². The number of nitrogens with one attached hydrogen (secondary N) is 3. The first-order valence-corrected chi connectivity index (χ1v) is 9.52. The summed E-state index contributed by atoms with van der Waals surface area (Å²) in [5.74, 6) is 0.868. The summed E-state index contributed by atoms with van der Waals surface area (Å²) in [6, 6.07) is 18.4. The Morgan fingerprint density at radius 1 is 1.18 bits per heavy atom. The van der Waals surface area contributed by atoms with Crippen LogP contribution in [0.1, 0.15) is 23.6 Å². The number of carbonyl (C=O) groups is 1. The highest BCUT2D eigenvalue weighted by molar-refractivity contribution is 5.92. The number of hydrogen-bond donors (Lipinski definition) is 3. The molecule has 0 aliphatic heterocycles. The summed E-state index contributed by atoms with van der Waals surface area (Å²) in [4.78, 5) is 16.6. The Labute approximate surface area is 164 Å². The Balaban J connectivity index is 1.44. The summed E-state index contributed by atoms with van der Waals surface area (Å²) < 4.78 is 4.92. The van der Waals surface area contributed by atoms with Gasteiger partial charge < -0.3 is 20.7 Å². The molecule has 3 N–H and O–H groups in total. The quantitative estimate of drug-likeness (QED) is 0.566. The molecule has 1 aromatic heterocycles. The summed E-state index contributed by atoms with van der Waals surface area (Å²) in [7, 11) is 1.60. The Morgan fingerprint density at radius 2 is 2.07 bits per heavy atom. The molecule has 0 bridgehead atoms. The molecule has 6 heteroatoms. The molecule has 1 aliphatic carbocycles. The number of rotatable bonds is 6. The Kier molecular flexibility index (Phi) is 5.39. The van der Waals surface area contributed by atoms with Crippen molar-refractivity contribution in [1.82, 2.24) is 10.3 Å². The molecule has 1 atom stereocenters. The van der Waals surface area contributed by atoms with Crippen LogP contribution in [0, 0.1) is 0 Å². The number of hydrogen-bond acceptors (Lipinski definition) is 4. The summed E-state index contributed by atoms with van der Waals surface area (Å²) in [6.45, 7) is 0.951. The molecule has 0 fully saturated rings. The summed E-state index contributed by atoms with van der Waals surface area (Å²) in [5, 5.41) is 10.1. The summed E-state index contributed by atoms with van der Waals surface area (Å²) >= 11 is 0. The molecular weight excluding hydrogens is 352 g/mol. The molecule has 0 radical (unpaired) electrons. The largest absolute Gasteiger partial charge is 0.383 e. The third-order valence-corrected chi connectivity index (χ3v) is 4.99. The molecule has 4 rings (SSSR count). The zero-order valence-corrected chi connectivity index (χ0v) is 15.9. The molecule has 2 aromatic carbocycles. The van der Waals surface area contributed by atoms with Crippen molar-refractivity contribution in [2.75, 3.05) is 30.9 Å². The zero-order chi connectivity index (χ0) is 19.3. The normalized spacial score (nSPS) is 15.2. The van der Waals surface area contributed by atoms with Crippen molar-refractivity contribution >= 4 is 28.4 Å². The van der Waals surface area contributed by atoms with Gasteiger partial charge in [0.2, 0.25) is 0 Å². The molecule has 28 heavy (non-hydrogen) atoms. The molecule has 1 heterocycles. The molecule has 3 aromatic rings. The third-order valence-electron chi connectivity index (χ3n) is 4.99. The van der Waals surface area contributed by atoms with Gasteiger partial charge in [-0.15, -0.1) is 0 Å². The van der Waals surface area contributed by atoms with E-state index in [1.165, 1.54) is 11.1 Å². The standard InChI is InChI=1S/C22H24N4O2/c1-28-13-12-23-22(27)24-17-8-10-19-16(14-17)7-11-21(25-19)26-20-9-6-15-4-2-3-5-18(15)20/h2-5,7-8,10-11,14,20H,6,9,12-13H2,1H3,(H,25,26)(H2,23,24,27). The fraction of sp³-hybridized carbons (Fsp3) is 0.273. The van der Waals surface area contributed by atoms with Crippen LogP contribution in [0.5, 0.6) is 0 Å². The number of methoxy groups -OCH3 is 1. The molecule has 2 amide bonds. The third kappa shape index (κ3) is 4.07. The van der Waals surface area contributed by atoms with Crippen molar-refractivity contribution in [2.45, 2.75) is 18.9 Å². The second kappa shape index (κ2) is 8.27. The van der Waals surface area contributed by atoms with Crippen LogP contribution in [0.15, 0.2) is 54.6 Å². The van der Waals surface area contributed by atoms with Gasteiger partial charge in [0, 0.05) is 24.7 Å². The van der Waals surface area contributed by atoms with E-state index in [-0.39, 0.29) is 6.03 Å². The number of amides is 2. The van der Waals surface area contributed by atoms with Crippen molar-refractivity contribution in [3.05, 3.63) is 65.7 Å². The van der Waals surface area contributed by atoms with E-state index < -0.39 is 0 Å². The number of benzene rings is 2. The highest BCUT2D eigenvalue weighted by atomic mass is 16.5. The monoisotopic (exact) mass is 376 g/mol. The molecule has 1 unspecified atom stereocenters. The number of pyridine rings is 1. The van der Waals surface area contributed by atoms with Crippen molar-refractivity contribution in [3.8, 4) is 0 Å². The number of anilines is 2. The lowest BCUT2D eigenvalue weighted by molar-refractivity contribution is 0.198. The molecular formula is C22H24N4O2. The molecule has 144 valence electrons.